The van der Waals surface area contributed by atoms with E-state index in [1.807, 2.05) is 0 Å². The van der Waals surface area contributed by atoms with Crippen molar-refractivity contribution in [2.45, 2.75) is 65.0 Å². The van der Waals surface area contributed by atoms with Gasteiger partial charge in [0.15, 0.2) is 0 Å². The van der Waals surface area contributed by atoms with E-state index in [1.54, 1.807) is 17.9 Å². The summed E-state index contributed by atoms with van der Waals surface area (Å²) in [7, 11) is 0. The minimum absolute atomic E-state index is 0.0372. The molecule has 2 heterocycles. The summed E-state index contributed by atoms with van der Waals surface area (Å²) in [5.74, 6) is 0.269. The maximum atomic E-state index is 11.4. The number of hydrogen-bond acceptors (Lipinski definition) is 5. The van der Waals surface area contributed by atoms with Crippen molar-refractivity contribution in [2.24, 2.45) is 0 Å². The summed E-state index contributed by atoms with van der Waals surface area (Å²) in [5.41, 5.74) is -0.0744. The van der Waals surface area contributed by atoms with Crippen molar-refractivity contribution in [1.82, 2.24) is 5.27 Å². The van der Waals surface area contributed by atoms with Crippen LogP contribution in [0.2, 0.25) is 0 Å². The zero-order valence-electron chi connectivity index (χ0n) is 13.5. The molecule has 0 aliphatic carbocycles. The molecule has 1 aliphatic rings. The van der Waals surface area contributed by atoms with E-state index in [0.29, 0.717) is 6.61 Å². The van der Waals surface area contributed by atoms with Crippen LogP contribution >= 0.6 is 0 Å². The van der Waals surface area contributed by atoms with Crippen molar-refractivity contribution in [1.29, 1.82) is 0 Å². The Morgan fingerprint density at radius 1 is 1.43 bits per heavy atom. The Morgan fingerprint density at radius 2 is 2.05 bits per heavy atom. The maximum Gasteiger partial charge on any atom is 0.414 e. The second kappa shape index (κ2) is 5.54. The van der Waals surface area contributed by atoms with Gasteiger partial charge in [0.25, 0.3) is 6.20 Å². The van der Waals surface area contributed by atoms with Gasteiger partial charge in [-0.25, -0.2) is 4.79 Å². The van der Waals surface area contributed by atoms with Crippen LogP contribution in [-0.4, -0.2) is 29.0 Å². The van der Waals surface area contributed by atoms with Crippen molar-refractivity contribution >= 4 is 12.0 Å². The summed E-state index contributed by atoms with van der Waals surface area (Å²) < 4.78 is 10.0. The highest BCUT2D eigenvalue weighted by molar-refractivity contribution is 5.82. The highest BCUT2D eigenvalue weighted by atomic mass is 16.6. The Kier molecular flexibility index (Phi) is 4.11. The van der Waals surface area contributed by atoms with E-state index >= 15 is 0 Å². The predicted molar refractivity (Wildman–Crippen MR) is 77.6 cm³/mol. The number of anilines is 1. The first-order valence-corrected chi connectivity index (χ1v) is 7.39. The van der Waals surface area contributed by atoms with Crippen molar-refractivity contribution < 1.29 is 18.8 Å². The van der Waals surface area contributed by atoms with Crippen LogP contribution in [0.3, 0.4) is 0 Å². The number of carbonyl (C=O) groups excluding carboxylic acids is 1. The topological polar surface area (TPSA) is 71.5 Å². The first kappa shape index (κ1) is 15.6. The molecule has 1 aliphatic heterocycles. The van der Waals surface area contributed by atoms with Crippen molar-refractivity contribution in [3.8, 4) is 0 Å². The van der Waals surface area contributed by atoms with Gasteiger partial charge in [-0.1, -0.05) is 0 Å². The third-order valence-electron chi connectivity index (χ3n) is 3.89. The lowest BCUT2D eigenvalue weighted by molar-refractivity contribution is -0.774. The lowest BCUT2D eigenvalue weighted by Crippen LogP contribution is -2.76. The molecule has 0 atom stereocenters. The van der Waals surface area contributed by atoms with Crippen molar-refractivity contribution in [3.05, 3.63) is 6.20 Å². The third kappa shape index (κ3) is 3.28. The average molecular weight is 297 g/mol. The quantitative estimate of drug-likeness (QED) is 0.866. The van der Waals surface area contributed by atoms with Gasteiger partial charge in [0.2, 0.25) is 5.27 Å². The molecule has 0 aromatic carbocycles. The lowest BCUT2D eigenvalue weighted by atomic mass is 9.82. The summed E-state index contributed by atoms with van der Waals surface area (Å²) in [6.45, 7) is 10.8. The van der Waals surface area contributed by atoms with E-state index in [0.717, 1.165) is 12.8 Å². The number of piperidine rings is 1. The van der Waals surface area contributed by atoms with Crippen LogP contribution in [0.25, 0.3) is 0 Å². The number of nitrogens with one attached hydrogen (secondary N) is 1. The molecule has 1 fully saturated rings. The van der Waals surface area contributed by atoms with Crippen molar-refractivity contribution in [2.75, 3.05) is 16.9 Å². The highest BCUT2D eigenvalue weighted by Crippen LogP contribution is 2.34. The molecule has 1 N–H and O–H groups in total. The summed E-state index contributed by atoms with van der Waals surface area (Å²) in [6.07, 6.45) is 4.47. The molecule has 0 saturated carbocycles. The minimum Gasteiger partial charge on any atom is -0.450 e. The van der Waals surface area contributed by atoms with Gasteiger partial charge in [0.1, 0.15) is 0 Å². The Hall–Kier alpha value is -1.79. The van der Waals surface area contributed by atoms with Crippen LogP contribution in [0.5, 0.6) is 0 Å². The monoisotopic (exact) mass is 297 g/mol. The number of nitrogens with zero attached hydrogens (tertiary/aromatic N) is 3. The van der Waals surface area contributed by atoms with E-state index in [9.17, 15) is 4.79 Å². The number of rotatable bonds is 3. The zero-order valence-corrected chi connectivity index (χ0v) is 13.5. The number of hydrogen-bond donors (Lipinski definition) is 1. The molecule has 21 heavy (non-hydrogen) atoms. The van der Waals surface area contributed by atoms with Crippen LogP contribution in [0.4, 0.5) is 10.7 Å². The third-order valence-corrected chi connectivity index (χ3v) is 3.89. The van der Waals surface area contributed by atoms with E-state index in [-0.39, 0.29) is 17.0 Å². The van der Waals surface area contributed by atoms with Gasteiger partial charge in [-0.15, -0.1) is 5.01 Å². The summed E-state index contributed by atoms with van der Waals surface area (Å²) in [4.78, 5) is 13.1. The van der Waals surface area contributed by atoms with E-state index in [1.165, 1.54) is 6.42 Å². The lowest BCUT2D eigenvalue weighted by Gasteiger charge is -2.46. The molecule has 0 radical (unpaired) electrons. The maximum absolute atomic E-state index is 11.4. The van der Waals surface area contributed by atoms with Gasteiger partial charge in [0.05, 0.1) is 22.5 Å². The molecule has 0 bridgehead atoms. The van der Waals surface area contributed by atoms with Gasteiger partial charge in [-0.3, -0.25) is 9.84 Å². The van der Waals surface area contributed by atoms with Crippen LogP contribution in [0, 0.1) is 0 Å². The standard InChI is InChI=1S/C14H24N4O3/c1-6-20-12(19)15-11-10-17(16-21-11)18-13(2,3)8-7-9-14(18,4)5/h10H,6-9H2,1-5H3/p+1. The molecule has 0 unspecified atom stereocenters. The Balaban J connectivity index is 2.20. The molecular formula is C14H25N4O3+. The zero-order chi connectivity index (χ0) is 15.7. The first-order chi connectivity index (χ1) is 9.76. The molecule has 118 valence electrons. The number of carbonyl (C=O) groups is 1. The highest BCUT2D eigenvalue weighted by Gasteiger charge is 2.48. The second-order valence-corrected chi connectivity index (χ2v) is 6.62. The molecule has 0 spiro atoms. The van der Waals surface area contributed by atoms with Crippen LogP contribution in [-0.2, 0) is 4.74 Å². The predicted octanol–water partition coefficient (Wildman–Crippen LogP) is 2.21. The van der Waals surface area contributed by atoms with Gasteiger partial charge >= 0.3 is 12.0 Å². The van der Waals surface area contributed by atoms with Gasteiger partial charge < -0.3 is 4.74 Å². The van der Waals surface area contributed by atoms with E-state index < -0.39 is 6.09 Å². The van der Waals surface area contributed by atoms with Crippen molar-refractivity contribution in [3.63, 3.8) is 0 Å². The van der Waals surface area contributed by atoms with Crippen LogP contribution in [0.15, 0.2) is 10.7 Å². The number of ether oxygens (including phenoxy) is 1. The van der Waals surface area contributed by atoms with Crippen LogP contribution < -0.4 is 15.1 Å². The second-order valence-electron chi connectivity index (χ2n) is 6.62. The molecule has 7 nitrogen and oxygen atoms in total. The molecule has 1 aromatic heterocycles. The fourth-order valence-electron chi connectivity index (χ4n) is 3.19. The summed E-state index contributed by atoms with van der Waals surface area (Å²) >= 11 is 0. The molecule has 7 heteroatoms. The molecule has 1 saturated heterocycles. The Labute approximate surface area is 125 Å². The van der Waals surface area contributed by atoms with E-state index in [4.69, 9.17) is 9.26 Å². The Bertz CT molecular complexity index is 494. The minimum atomic E-state index is -0.544. The Morgan fingerprint density at radius 3 is 2.62 bits per heavy atom. The first-order valence-electron chi connectivity index (χ1n) is 7.39. The number of amides is 1. The fraction of sp³-hybridized carbons (Fsp3) is 0.786. The molecular weight excluding hydrogens is 272 g/mol. The van der Waals surface area contributed by atoms with Gasteiger partial charge in [-0.05, 0) is 53.9 Å². The smallest absolute Gasteiger partial charge is 0.414 e. The molecule has 1 amide bonds. The van der Waals surface area contributed by atoms with Gasteiger partial charge in [-0.2, -0.15) is 0 Å². The number of aromatic nitrogens is 2. The normalized spacial score (nSPS) is 20.1. The van der Waals surface area contributed by atoms with E-state index in [2.05, 4.69) is 43.3 Å². The molecule has 2 rings (SSSR count). The summed E-state index contributed by atoms with van der Waals surface area (Å²) in [6, 6.07) is 0. The SMILES string of the molecule is CCOC(=O)Nc1c[n+](N2C(C)(C)CCCC2(C)C)no1. The van der Waals surface area contributed by atoms with Crippen LogP contribution in [0.1, 0.15) is 53.9 Å². The molecule has 1 aromatic rings. The fourth-order valence-corrected chi connectivity index (χ4v) is 3.19. The summed E-state index contributed by atoms with van der Waals surface area (Å²) in [5, 5.41) is 8.76. The largest absolute Gasteiger partial charge is 0.450 e. The average Bonchev–Trinajstić information content (AvgIpc) is 2.74. The van der Waals surface area contributed by atoms with Gasteiger partial charge in [0, 0.05) is 0 Å².